The number of nitro benzene ring substituents is 1. The molecule has 144 valence electrons. The van der Waals surface area contributed by atoms with E-state index in [9.17, 15) is 19.7 Å². The first-order valence-electron chi connectivity index (χ1n) is 8.38. The van der Waals surface area contributed by atoms with Crippen LogP contribution in [0.25, 0.3) is 0 Å². The Balaban J connectivity index is 1.78. The molecule has 0 saturated heterocycles. The van der Waals surface area contributed by atoms with Crippen molar-refractivity contribution in [2.75, 3.05) is 5.32 Å². The zero-order chi connectivity index (χ0) is 20.8. The third-order valence-corrected chi connectivity index (χ3v) is 3.95. The van der Waals surface area contributed by atoms with E-state index >= 15 is 0 Å². The fraction of sp³-hybridized carbons (Fsp3) is 0.0500. The minimum atomic E-state index is -0.704. The summed E-state index contributed by atoms with van der Waals surface area (Å²) >= 11 is 0. The average molecular weight is 390 g/mol. The van der Waals surface area contributed by atoms with E-state index in [1.807, 2.05) is 6.07 Å². The molecule has 0 unspecified atom stereocenters. The second-order valence-corrected chi connectivity index (χ2v) is 5.86. The van der Waals surface area contributed by atoms with Crippen molar-refractivity contribution >= 4 is 17.3 Å². The van der Waals surface area contributed by atoms with Crippen molar-refractivity contribution in [3.8, 4) is 6.07 Å². The zero-order valence-electron chi connectivity index (χ0n) is 14.9. The first-order chi connectivity index (χ1) is 14.0. The van der Waals surface area contributed by atoms with E-state index in [-0.39, 0.29) is 29.1 Å². The van der Waals surface area contributed by atoms with Crippen LogP contribution in [-0.4, -0.2) is 15.6 Å². The molecule has 9 nitrogen and oxygen atoms in total. The highest BCUT2D eigenvalue weighted by molar-refractivity contribution is 6.04. The van der Waals surface area contributed by atoms with Crippen LogP contribution in [0.2, 0.25) is 0 Å². The second kappa shape index (κ2) is 8.49. The number of aromatic nitrogens is 1. The van der Waals surface area contributed by atoms with Gasteiger partial charge < -0.3 is 10.2 Å². The summed E-state index contributed by atoms with van der Waals surface area (Å²) in [7, 11) is 0. The van der Waals surface area contributed by atoms with Crippen molar-refractivity contribution in [1.29, 1.82) is 5.26 Å². The molecule has 0 aliphatic carbocycles. The molecule has 0 aliphatic rings. The Morgan fingerprint density at radius 2 is 1.97 bits per heavy atom. The van der Waals surface area contributed by atoms with Crippen molar-refractivity contribution in [1.82, 2.24) is 4.73 Å². The second-order valence-electron chi connectivity index (χ2n) is 5.86. The highest BCUT2D eigenvalue weighted by Gasteiger charge is 2.15. The lowest BCUT2D eigenvalue weighted by Gasteiger charge is -2.10. The molecule has 9 heteroatoms. The van der Waals surface area contributed by atoms with E-state index in [1.54, 1.807) is 30.3 Å². The van der Waals surface area contributed by atoms with Crippen LogP contribution in [0.5, 0.6) is 0 Å². The number of anilines is 1. The molecular formula is C20H14N4O5. The Hall–Kier alpha value is -4.45. The SMILES string of the molecule is N#Cc1ccccc1NC(=O)c1cccn(OCc2cccc([N+](=O)[O-])c2)c1=O. The number of pyridine rings is 1. The summed E-state index contributed by atoms with van der Waals surface area (Å²) in [5, 5.41) is 22.5. The smallest absolute Gasteiger partial charge is 0.295 e. The number of nitro groups is 1. The quantitative estimate of drug-likeness (QED) is 0.509. The Morgan fingerprint density at radius 3 is 2.72 bits per heavy atom. The van der Waals surface area contributed by atoms with Crippen LogP contribution in [0.4, 0.5) is 11.4 Å². The number of para-hydroxylation sites is 1. The zero-order valence-corrected chi connectivity index (χ0v) is 14.9. The number of rotatable bonds is 6. The maximum Gasteiger partial charge on any atom is 0.295 e. The molecule has 0 spiro atoms. The lowest BCUT2D eigenvalue weighted by molar-refractivity contribution is -0.384. The maximum absolute atomic E-state index is 12.6. The van der Waals surface area contributed by atoms with E-state index in [0.717, 1.165) is 4.73 Å². The molecule has 3 rings (SSSR count). The van der Waals surface area contributed by atoms with Gasteiger partial charge in [0.25, 0.3) is 17.2 Å². The van der Waals surface area contributed by atoms with Crippen LogP contribution in [0.15, 0.2) is 71.7 Å². The van der Waals surface area contributed by atoms with Crippen molar-refractivity contribution in [2.24, 2.45) is 0 Å². The van der Waals surface area contributed by atoms with Gasteiger partial charge in [0.15, 0.2) is 0 Å². The van der Waals surface area contributed by atoms with Gasteiger partial charge in [-0.3, -0.25) is 19.7 Å². The maximum atomic E-state index is 12.6. The molecule has 0 saturated carbocycles. The van der Waals surface area contributed by atoms with Gasteiger partial charge in [0.05, 0.1) is 16.2 Å². The van der Waals surface area contributed by atoms with Gasteiger partial charge >= 0.3 is 0 Å². The molecule has 29 heavy (non-hydrogen) atoms. The fourth-order valence-electron chi connectivity index (χ4n) is 2.53. The Morgan fingerprint density at radius 1 is 1.17 bits per heavy atom. The molecule has 3 aromatic rings. The van der Waals surface area contributed by atoms with Crippen LogP contribution in [-0.2, 0) is 6.61 Å². The Kier molecular flexibility index (Phi) is 5.66. The van der Waals surface area contributed by atoms with Crippen LogP contribution < -0.4 is 15.7 Å². The van der Waals surface area contributed by atoms with E-state index in [2.05, 4.69) is 5.32 Å². The monoisotopic (exact) mass is 390 g/mol. The van der Waals surface area contributed by atoms with Crippen LogP contribution in [0.1, 0.15) is 21.5 Å². The summed E-state index contributed by atoms with van der Waals surface area (Å²) < 4.78 is 0.879. The van der Waals surface area contributed by atoms with Gasteiger partial charge in [0.2, 0.25) is 0 Å². The molecule has 0 radical (unpaired) electrons. The highest BCUT2D eigenvalue weighted by atomic mass is 16.7. The summed E-state index contributed by atoms with van der Waals surface area (Å²) in [5.41, 5.74) is 0.0575. The molecule has 0 atom stereocenters. The van der Waals surface area contributed by atoms with Gasteiger partial charge in [-0.1, -0.05) is 24.3 Å². The van der Waals surface area contributed by atoms with Crippen molar-refractivity contribution in [2.45, 2.75) is 6.61 Å². The highest BCUT2D eigenvalue weighted by Crippen LogP contribution is 2.15. The number of carbonyl (C=O) groups is 1. The standard InChI is InChI=1S/C20H14N4O5/c21-12-15-6-1-2-9-18(15)22-19(25)17-8-4-10-23(20(17)26)29-13-14-5-3-7-16(11-14)24(27)28/h1-11H,13H2,(H,22,25). The van der Waals surface area contributed by atoms with Crippen molar-refractivity contribution in [3.63, 3.8) is 0 Å². The third kappa shape index (κ3) is 4.45. The minimum Gasteiger partial charge on any atom is -0.406 e. The Bertz CT molecular complexity index is 1180. The summed E-state index contributed by atoms with van der Waals surface area (Å²) in [4.78, 5) is 40.7. The first kappa shape index (κ1) is 19.3. The van der Waals surface area contributed by atoms with Crippen LogP contribution >= 0.6 is 0 Å². The summed E-state index contributed by atoms with van der Waals surface area (Å²) in [6.45, 7) is -0.107. The predicted octanol–water partition coefficient (Wildman–Crippen LogP) is 2.51. The number of benzene rings is 2. The number of hydrogen-bond donors (Lipinski definition) is 1. The number of nitrogens with zero attached hydrogens (tertiary/aromatic N) is 3. The summed E-state index contributed by atoms with van der Waals surface area (Å²) in [6.07, 6.45) is 1.33. The van der Waals surface area contributed by atoms with Gasteiger partial charge in [-0.25, -0.2) is 0 Å². The van der Waals surface area contributed by atoms with Crippen LogP contribution in [0, 0.1) is 21.4 Å². The number of amides is 1. The molecular weight excluding hydrogens is 376 g/mol. The van der Waals surface area contributed by atoms with Crippen molar-refractivity contribution in [3.05, 3.63) is 104 Å². The van der Waals surface area contributed by atoms with E-state index in [4.69, 9.17) is 10.1 Å². The molecule has 0 aliphatic heterocycles. The number of nitriles is 1. The molecule has 0 fully saturated rings. The third-order valence-electron chi connectivity index (χ3n) is 3.95. The molecule has 1 aromatic heterocycles. The summed E-state index contributed by atoms with van der Waals surface area (Å²) in [5.74, 6) is -0.689. The van der Waals surface area contributed by atoms with Gasteiger partial charge in [0, 0.05) is 18.3 Å². The van der Waals surface area contributed by atoms with Gasteiger partial charge in [-0.15, -0.1) is 0 Å². The largest absolute Gasteiger partial charge is 0.406 e. The van der Waals surface area contributed by atoms with E-state index in [0.29, 0.717) is 5.56 Å². The van der Waals surface area contributed by atoms with Gasteiger partial charge in [0.1, 0.15) is 18.2 Å². The molecule has 1 N–H and O–H groups in total. The number of nitrogens with one attached hydrogen (secondary N) is 1. The lowest BCUT2D eigenvalue weighted by Crippen LogP contribution is -2.32. The fourth-order valence-corrected chi connectivity index (χ4v) is 2.53. The number of hydrogen-bond acceptors (Lipinski definition) is 6. The Labute approximate surface area is 164 Å². The van der Waals surface area contributed by atoms with E-state index < -0.39 is 16.4 Å². The normalized spacial score (nSPS) is 10.0. The lowest BCUT2D eigenvalue weighted by atomic mass is 10.2. The van der Waals surface area contributed by atoms with Gasteiger partial charge in [-0.05, 0) is 29.8 Å². The van der Waals surface area contributed by atoms with Crippen LogP contribution in [0.3, 0.4) is 0 Å². The topological polar surface area (TPSA) is 127 Å². The molecule has 1 heterocycles. The van der Waals surface area contributed by atoms with Crippen molar-refractivity contribution < 1.29 is 14.6 Å². The van der Waals surface area contributed by atoms with E-state index in [1.165, 1.54) is 36.5 Å². The summed E-state index contributed by atoms with van der Waals surface area (Å²) in [6, 6.07) is 17.0. The van der Waals surface area contributed by atoms with Gasteiger partial charge in [-0.2, -0.15) is 9.99 Å². The predicted molar refractivity (Wildman–Crippen MR) is 103 cm³/mol. The molecule has 0 bridgehead atoms. The molecule has 1 amide bonds. The minimum absolute atomic E-state index is 0.0947. The molecule has 2 aromatic carbocycles. The first-order valence-corrected chi connectivity index (χ1v) is 8.38. The number of non-ortho nitro benzene ring substituents is 1. The number of carbonyl (C=O) groups excluding carboxylic acids is 1. The average Bonchev–Trinajstić information content (AvgIpc) is 2.73.